The first-order chi connectivity index (χ1) is 10.5. The molecule has 0 aliphatic carbocycles. The van der Waals surface area contributed by atoms with Crippen LogP contribution in [0.1, 0.15) is 0 Å². The number of nitro groups is 1. The maximum Gasteiger partial charge on any atom is 0.316 e. The number of phenols is 1. The summed E-state index contributed by atoms with van der Waals surface area (Å²) < 4.78 is 4.45. The number of anilines is 2. The van der Waals surface area contributed by atoms with E-state index in [9.17, 15) is 20.4 Å². The van der Waals surface area contributed by atoms with E-state index in [1.807, 2.05) is 0 Å². The van der Waals surface area contributed by atoms with Crippen molar-refractivity contribution in [2.24, 2.45) is 0 Å². The lowest BCUT2D eigenvalue weighted by molar-refractivity contribution is -0.782. The molecule has 1 aromatic heterocycles. The molecule has 0 spiro atoms. The molecule has 0 radical (unpaired) electrons. The number of aromatic hydroxyl groups is 1. The van der Waals surface area contributed by atoms with Gasteiger partial charge in [0.25, 0.3) is 5.52 Å². The SMILES string of the molecule is O=[N+]([O-])c1c(Cl)cc2c(no[n+]2[O-])c1Nc1cccc(O)c1. The van der Waals surface area contributed by atoms with Gasteiger partial charge in [-0.05, 0) is 17.0 Å². The first-order valence-corrected chi connectivity index (χ1v) is 6.27. The van der Waals surface area contributed by atoms with E-state index in [1.165, 1.54) is 12.1 Å². The van der Waals surface area contributed by atoms with E-state index < -0.39 is 10.6 Å². The van der Waals surface area contributed by atoms with Gasteiger partial charge in [0.2, 0.25) is 5.52 Å². The third kappa shape index (κ3) is 2.23. The van der Waals surface area contributed by atoms with Crippen molar-refractivity contribution in [2.75, 3.05) is 5.32 Å². The molecule has 0 amide bonds. The van der Waals surface area contributed by atoms with E-state index in [2.05, 4.69) is 15.1 Å². The van der Waals surface area contributed by atoms with Crippen LogP contribution in [0.3, 0.4) is 0 Å². The van der Waals surface area contributed by atoms with Crippen LogP contribution in [0.5, 0.6) is 5.75 Å². The van der Waals surface area contributed by atoms with Crippen LogP contribution in [0.15, 0.2) is 35.0 Å². The van der Waals surface area contributed by atoms with Gasteiger partial charge in [0.05, 0.1) is 4.92 Å². The lowest BCUT2D eigenvalue weighted by Gasteiger charge is -2.07. The number of hydrogen-bond acceptors (Lipinski definition) is 7. The quantitative estimate of drug-likeness (QED) is 0.430. The zero-order chi connectivity index (χ0) is 15.9. The van der Waals surface area contributed by atoms with Gasteiger partial charge in [-0.3, -0.25) is 14.7 Å². The summed E-state index contributed by atoms with van der Waals surface area (Å²) in [6.07, 6.45) is 0. The molecule has 0 atom stereocenters. The van der Waals surface area contributed by atoms with Crippen molar-refractivity contribution in [1.29, 1.82) is 0 Å². The highest BCUT2D eigenvalue weighted by atomic mass is 35.5. The Morgan fingerprint density at radius 3 is 2.86 bits per heavy atom. The molecule has 2 N–H and O–H groups in total. The summed E-state index contributed by atoms with van der Waals surface area (Å²) in [5, 5.41) is 38.2. The molecule has 9 nitrogen and oxygen atoms in total. The van der Waals surface area contributed by atoms with Gasteiger partial charge in [0, 0.05) is 23.0 Å². The van der Waals surface area contributed by atoms with Gasteiger partial charge >= 0.3 is 5.69 Å². The minimum atomic E-state index is -0.698. The molecular formula is C12H7ClN4O5. The summed E-state index contributed by atoms with van der Waals surface area (Å²) >= 11 is 5.88. The lowest BCUT2D eigenvalue weighted by Crippen LogP contribution is -2.22. The van der Waals surface area contributed by atoms with E-state index in [-0.39, 0.29) is 32.4 Å². The van der Waals surface area contributed by atoms with Crippen molar-refractivity contribution in [3.8, 4) is 5.75 Å². The molecule has 0 bridgehead atoms. The molecule has 3 aromatic rings. The van der Waals surface area contributed by atoms with Crippen molar-refractivity contribution >= 4 is 39.7 Å². The number of nitrogens with zero attached hydrogens (tertiary/aromatic N) is 3. The van der Waals surface area contributed by atoms with Crippen LogP contribution < -0.4 is 10.2 Å². The number of nitro benzene ring substituents is 1. The van der Waals surface area contributed by atoms with Crippen LogP contribution in [0, 0.1) is 15.3 Å². The average Bonchev–Trinajstić information content (AvgIpc) is 2.80. The number of halogens is 1. The molecule has 0 saturated heterocycles. The van der Waals surface area contributed by atoms with E-state index in [0.717, 1.165) is 6.07 Å². The van der Waals surface area contributed by atoms with Gasteiger partial charge in [-0.1, -0.05) is 17.7 Å². The minimum Gasteiger partial charge on any atom is -0.508 e. The molecule has 1 heterocycles. The van der Waals surface area contributed by atoms with Gasteiger partial charge in [-0.15, -0.1) is 0 Å². The number of nitrogens with one attached hydrogen (secondary N) is 1. The van der Waals surface area contributed by atoms with Crippen molar-refractivity contribution in [3.63, 3.8) is 0 Å². The number of rotatable bonds is 3. The Morgan fingerprint density at radius 2 is 2.18 bits per heavy atom. The average molecular weight is 323 g/mol. The predicted molar refractivity (Wildman–Crippen MR) is 76.0 cm³/mol. The topological polar surface area (TPSA) is 128 Å². The monoisotopic (exact) mass is 322 g/mol. The minimum absolute atomic E-state index is 0.0371. The van der Waals surface area contributed by atoms with Gasteiger partial charge in [-0.2, -0.15) is 0 Å². The summed E-state index contributed by atoms with van der Waals surface area (Å²) in [6.45, 7) is 0. The fourth-order valence-electron chi connectivity index (χ4n) is 1.99. The Morgan fingerprint density at radius 1 is 1.41 bits per heavy atom. The predicted octanol–water partition coefficient (Wildman–Crippen LogP) is 2.47. The molecule has 3 rings (SSSR count). The summed E-state index contributed by atoms with van der Waals surface area (Å²) in [5.41, 5.74) is -0.303. The second-order valence-corrected chi connectivity index (χ2v) is 4.72. The van der Waals surface area contributed by atoms with E-state index >= 15 is 0 Å². The van der Waals surface area contributed by atoms with Gasteiger partial charge in [0.1, 0.15) is 10.8 Å². The smallest absolute Gasteiger partial charge is 0.316 e. The first kappa shape index (κ1) is 13.9. The molecule has 10 heteroatoms. The maximum absolute atomic E-state index is 11.5. The Kier molecular flexibility index (Phi) is 3.18. The second kappa shape index (κ2) is 5.04. The summed E-state index contributed by atoms with van der Waals surface area (Å²) in [7, 11) is 0. The Labute approximate surface area is 127 Å². The maximum atomic E-state index is 11.5. The van der Waals surface area contributed by atoms with Crippen LogP contribution in [0.2, 0.25) is 5.02 Å². The molecule has 0 saturated carbocycles. The number of phenolic OH excluding ortho intramolecular Hbond substituents is 1. The number of fused-ring (bicyclic) bond motifs is 1. The summed E-state index contributed by atoms with van der Waals surface area (Å²) in [4.78, 5) is 10.6. The summed E-state index contributed by atoms with van der Waals surface area (Å²) in [6, 6.07) is 7.01. The van der Waals surface area contributed by atoms with Crippen molar-refractivity contribution in [3.05, 3.63) is 50.7 Å². The standard InChI is InChI=1S/C12H7ClN4O5/c13-8-5-9-10(15-22-17(9)21)11(12(8)16(19)20)14-6-2-1-3-7(18)4-6/h1-5,14,18H. The molecule has 22 heavy (non-hydrogen) atoms. The Balaban J connectivity index is 2.25. The van der Waals surface area contributed by atoms with Crippen LogP contribution in [-0.4, -0.2) is 15.2 Å². The number of hydrogen-bond donors (Lipinski definition) is 2. The van der Waals surface area contributed by atoms with E-state index in [1.54, 1.807) is 12.1 Å². The highest BCUT2D eigenvalue weighted by Gasteiger charge is 2.29. The molecule has 0 aliphatic heterocycles. The van der Waals surface area contributed by atoms with Crippen molar-refractivity contribution < 1.29 is 19.6 Å². The Bertz CT molecular complexity index is 895. The van der Waals surface area contributed by atoms with Crippen LogP contribution in [0.4, 0.5) is 17.1 Å². The molecule has 112 valence electrons. The third-order valence-corrected chi connectivity index (χ3v) is 3.20. The van der Waals surface area contributed by atoms with Gasteiger partial charge in [0.15, 0.2) is 5.69 Å². The van der Waals surface area contributed by atoms with Crippen LogP contribution in [0.25, 0.3) is 11.0 Å². The first-order valence-electron chi connectivity index (χ1n) is 5.89. The fraction of sp³-hybridized carbons (Fsp3) is 0. The molecule has 0 unspecified atom stereocenters. The zero-order valence-electron chi connectivity index (χ0n) is 10.7. The summed E-state index contributed by atoms with van der Waals surface area (Å²) in [5.74, 6) is -0.0371. The molecular weight excluding hydrogens is 316 g/mol. The molecule has 0 aliphatic rings. The van der Waals surface area contributed by atoms with E-state index in [0.29, 0.717) is 5.69 Å². The largest absolute Gasteiger partial charge is 0.508 e. The second-order valence-electron chi connectivity index (χ2n) is 4.31. The zero-order valence-corrected chi connectivity index (χ0v) is 11.4. The van der Waals surface area contributed by atoms with E-state index in [4.69, 9.17) is 11.6 Å². The Hall–Kier alpha value is -3.07. The molecule has 0 fully saturated rings. The normalized spacial score (nSPS) is 10.8. The highest BCUT2D eigenvalue weighted by Crippen LogP contribution is 2.39. The van der Waals surface area contributed by atoms with Crippen LogP contribution in [-0.2, 0) is 0 Å². The highest BCUT2D eigenvalue weighted by molar-refractivity contribution is 6.34. The number of benzene rings is 2. The lowest BCUT2D eigenvalue weighted by atomic mass is 10.2. The third-order valence-electron chi connectivity index (χ3n) is 2.91. The van der Waals surface area contributed by atoms with Gasteiger partial charge < -0.3 is 15.6 Å². The van der Waals surface area contributed by atoms with Crippen molar-refractivity contribution in [2.45, 2.75) is 0 Å². The van der Waals surface area contributed by atoms with Gasteiger partial charge in [-0.25, -0.2) is 0 Å². The van der Waals surface area contributed by atoms with Crippen LogP contribution >= 0.6 is 11.6 Å². The number of aromatic nitrogens is 2. The van der Waals surface area contributed by atoms with Crippen molar-refractivity contribution in [1.82, 2.24) is 5.16 Å². The fourth-order valence-corrected chi connectivity index (χ4v) is 2.26. The molecule has 2 aromatic carbocycles.